The van der Waals surface area contributed by atoms with Gasteiger partial charge in [-0.3, -0.25) is 0 Å². The second kappa shape index (κ2) is 7.16. The first-order valence-electron chi connectivity index (χ1n) is 9.13. The van der Waals surface area contributed by atoms with Gasteiger partial charge in [-0.15, -0.1) is 5.10 Å². The fraction of sp³-hybridized carbons (Fsp3) is 0.0952. The number of hydrogen-bond donors (Lipinski definition) is 0. The zero-order chi connectivity index (χ0) is 19.6. The van der Waals surface area contributed by atoms with Crippen LogP contribution in [-0.2, 0) is 11.4 Å². The maximum atomic E-state index is 5.34. The molecular weight excluding hydrogens is 366 g/mol. The number of hydrogen-bond acceptors (Lipinski definition) is 6. The largest absolute Gasteiger partial charge is 0.387 e. The molecule has 0 radical (unpaired) electrons. The van der Waals surface area contributed by atoms with E-state index in [1.165, 1.54) is 0 Å². The van der Waals surface area contributed by atoms with Crippen molar-refractivity contribution in [2.24, 2.45) is 5.16 Å². The molecule has 0 aliphatic heterocycles. The van der Waals surface area contributed by atoms with Gasteiger partial charge in [-0.2, -0.15) is 5.10 Å². The molecule has 142 valence electrons. The van der Waals surface area contributed by atoms with Gasteiger partial charge in [0, 0.05) is 0 Å². The Morgan fingerprint density at radius 2 is 1.97 bits per heavy atom. The highest BCUT2D eigenvalue weighted by Crippen LogP contribution is 2.20. The Bertz CT molecular complexity index is 1320. The third-order valence-corrected chi connectivity index (χ3v) is 4.47. The highest BCUT2D eigenvalue weighted by Gasteiger charge is 2.13. The van der Waals surface area contributed by atoms with Crippen molar-refractivity contribution < 1.29 is 4.84 Å². The van der Waals surface area contributed by atoms with Gasteiger partial charge < -0.3 is 4.84 Å². The topological polar surface area (TPSA) is 82.5 Å². The Balaban J connectivity index is 1.41. The van der Waals surface area contributed by atoms with Crippen molar-refractivity contribution >= 4 is 22.9 Å². The molecule has 3 heterocycles. The van der Waals surface area contributed by atoms with E-state index in [-0.39, 0.29) is 6.61 Å². The molecule has 0 atom stereocenters. The normalized spacial score (nSPS) is 11.6. The molecule has 0 unspecified atom stereocenters. The minimum absolute atomic E-state index is 0.165. The molecule has 8 nitrogen and oxygen atoms in total. The summed E-state index contributed by atoms with van der Waals surface area (Å²) in [4.78, 5) is 14.4. The van der Waals surface area contributed by atoms with Crippen LogP contribution in [0, 0.1) is 6.92 Å². The quantitative estimate of drug-likeness (QED) is 0.343. The van der Waals surface area contributed by atoms with Crippen LogP contribution in [0.4, 0.5) is 0 Å². The van der Waals surface area contributed by atoms with Gasteiger partial charge >= 0.3 is 0 Å². The molecule has 3 aromatic heterocycles. The van der Waals surface area contributed by atoms with Crippen molar-refractivity contribution in [1.29, 1.82) is 0 Å². The number of aryl methyl sites for hydroxylation is 1. The van der Waals surface area contributed by atoms with Gasteiger partial charge in [0.25, 0.3) is 0 Å². The lowest BCUT2D eigenvalue weighted by Crippen LogP contribution is -1.99. The Morgan fingerprint density at radius 3 is 2.83 bits per heavy atom. The first-order valence-corrected chi connectivity index (χ1v) is 9.13. The fourth-order valence-electron chi connectivity index (χ4n) is 3.11. The average molecular weight is 383 g/mol. The number of oxime groups is 1. The van der Waals surface area contributed by atoms with E-state index in [0.717, 1.165) is 27.8 Å². The van der Waals surface area contributed by atoms with Crippen LogP contribution in [0.1, 0.15) is 17.0 Å². The second-order valence-corrected chi connectivity index (χ2v) is 6.59. The molecule has 5 rings (SSSR count). The predicted molar refractivity (Wildman–Crippen MR) is 109 cm³/mol. The minimum Gasteiger partial charge on any atom is -0.387 e. The van der Waals surface area contributed by atoms with Gasteiger partial charge in [0.2, 0.25) is 0 Å². The third-order valence-electron chi connectivity index (χ3n) is 4.47. The first-order chi connectivity index (χ1) is 14.3. The van der Waals surface area contributed by atoms with Crippen molar-refractivity contribution in [1.82, 2.24) is 29.4 Å². The molecular formula is C21H17N7O. The van der Waals surface area contributed by atoms with Crippen molar-refractivity contribution in [3.05, 3.63) is 84.1 Å². The van der Waals surface area contributed by atoms with E-state index in [9.17, 15) is 0 Å². The van der Waals surface area contributed by atoms with Crippen LogP contribution in [0.25, 0.3) is 22.4 Å². The summed E-state index contributed by atoms with van der Waals surface area (Å²) < 4.78 is 3.43. The maximum Gasteiger partial charge on any atom is 0.192 e. The molecule has 0 saturated heterocycles. The van der Waals surface area contributed by atoms with E-state index >= 15 is 0 Å². The second-order valence-electron chi connectivity index (χ2n) is 6.59. The maximum absolute atomic E-state index is 5.34. The van der Waals surface area contributed by atoms with Gasteiger partial charge in [-0.1, -0.05) is 47.6 Å². The van der Waals surface area contributed by atoms with Crippen LogP contribution in [0.5, 0.6) is 0 Å². The number of benzene rings is 2. The lowest BCUT2D eigenvalue weighted by molar-refractivity contribution is 0.126. The van der Waals surface area contributed by atoms with Gasteiger partial charge in [0.1, 0.15) is 6.33 Å². The molecule has 0 bridgehead atoms. The molecule has 0 fully saturated rings. The molecule has 29 heavy (non-hydrogen) atoms. The number of aromatic nitrogens is 6. The molecule has 5 aromatic rings. The van der Waals surface area contributed by atoms with E-state index in [0.29, 0.717) is 11.5 Å². The number of rotatable bonds is 5. The van der Waals surface area contributed by atoms with Gasteiger partial charge in [-0.25, -0.2) is 19.2 Å². The molecule has 2 aromatic carbocycles. The van der Waals surface area contributed by atoms with Crippen molar-refractivity contribution in [2.75, 3.05) is 0 Å². The van der Waals surface area contributed by atoms with E-state index in [2.05, 4.69) is 31.4 Å². The zero-order valence-electron chi connectivity index (χ0n) is 15.7. The summed E-state index contributed by atoms with van der Waals surface area (Å²) in [6, 6.07) is 17.8. The van der Waals surface area contributed by atoms with Crippen LogP contribution < -0.4 is 0 Å². The van der Waals surface area contributed by atoms with Crippen LogP contribution >= 0.6 is 0 Å². The van der Waals surface area contributed by atoms with Gasteiger partial charge in [0.05, 0.1) is 23.5 Å². The molecule has 0 saturated carbocycles. The lowest BCUT2D eigenvalue weighted by atomic mass is 10.2. The highest BCUT2D eigenvalue weighted by molar-refractivity contribution is 5.89. The molecule has 0 aliphatic rings. The first kappa shape index (κ1) is 17.1. The number of fused-ring (bicyclic) bond motifs is 3. The summed E-state index contributed by atoms with van der Waals surface area (Å²) in [5.41, 5.74) is 4.48. The summed E-state index contributed by atoms with van der Waals surface area (Å²) >= 11 is 0. The molecule has 0 amide bonds. The summed E-state index contributed by atoms with van der Waals surface area (Å²) in [5.74, 6) is 0.521. The summed E-state index contributed by atoms with van der Waals surface area (Å²) in [6.45, 7) is 2.21. The SMILES string of the molecule is Cc1cccc(-n2ncc3c2ncn2nc(CO/N=C\c4ccccc4)nc32)c1. The fourth-order valence-corrected chi connectivity index (χ4v) is 3.11. The standard InChI is InChI=1S/C21H17N7O/c1-15-6-5-9-17(10-15)28-20-18(12-23-28)21-25-19(26-27(21)14-22-20)13-29-24-11-16-7-3-2-4-8-16/h2-12,14H,13H2,1H3/b24-11-. The summed E-state index contributed by atoms with van der Waals surface area (Å²) in [7, 11) is 0. The van der Waals surface area contributed by atoms with E-state index in [1.54, 1.807) is 27.9 Å². The van der Waals surface area contributed by atoms with Crippen LogP contribution in [0.15, 0.2) is 72.3 Å². The van der Waals surface area contributed by atoms with Crippen molar-refractivity contribution in [2.45, 2.75) is 13.5 Å². The van der Waals surface area contributed by atoms with Crippen molar-refractivity contribution in [3.8, 4) is 5.69 Å². The summed E-state index contributed by atoms with van der Waals surface area (Å²) in [6.07, 6.45) is 5.05. The Labute approximate surface area is 166 Å². The average Bonchev–Trinajstić information content (AvgIpc) is 3.35. The Kier molecular flexibility index (Phi) is 4.21. The molecule has 0 spiro atoms. The Morgan fingerprint density at radius 1 is 1.07 bits per heavy atom. The van der Waals surface area contributed by atoms with Crippen LogP contribution in [0.3, 0.4) is 0 Å². The predicted octanol–water partition coefficient (Wildman–Crippen LogP) is 3.32. The summed E-state index contributed by atoms with van der Waals surface area (Å²) in [5, 5.41) is 13.7. The van der Waals surface area contributed by atoms with E-state index in [4.69, 9.17) is 4.84 Å². The van der Waals surface area contributed by atoms with Gasteiger partial charge in [0.15, 0.2) is 23.7 Å². The van der Waals surface area contributed by atoms with Crippen molar-refractivity contribution in [3.63, 3.8) is 0 Å². The smallest absolute Gasteiger partial charge is 0.192 e. The minimum atomic E-state index is 0.165. The lowest BCUT2D eigenvalue weighted by Gasteiger charge is -2.03. The number of nitrogens with zero attached hydrogens (tertiary/aromatic N) is 7. The van der Waals surface area contributed by atoms with E-state index in [1.807, 2.05) is 55.5 Å². The Hall–Kier alpha value is -4.07. The molecule has 8 heteroatoms. The third kappa shape index (κ3) is 3.31. The highest BCUT2D eigenvalue weighted by atomic mass is 16.6. The molecule has 0 N–H and O–H groups in total. The zero-order valence-corrected chi connectivity index (χ0v) is 15.7. The van der Waals surface area contributed by atoms with Crippen LogP contribution in [-0.4, -0.2) is 35.6 Å². The molecule has 0 aliphatic carbocycles. The van der Waals surface area contributed by atoms with Crippen LogP contribution in [0.2, 0.25) is 0 Å². The van der Waals surface area contributed by atoms with Gasteiger partial charge in [-0.05, 0) is 30.2 Å². The monoisotopic (exact) mass is 383 g/mol. The van der Waals surface area contributed by atoms with E-state index < -0.39 is 0 Å².